The molecule has 1 N–H and O–H groups in total. The summed E-state index contributed by atoms with van der Waals surface area (Å²) in [5.74, 6) is -0.108. The van der Waals surface area contributed by atoms with Gasteiger partial charge in [0.1, 0.15) is 6.04 Å². The Morgan fingerprint density at radius 3 is 2.45 bits per heavy atom. The van der Waals surface area contributed by atoms with Gasteiger partial charge in [-0.2, -0.15) is 0 Å². The standard InChI is InChI=1S/C16H27N3O3/c1-12(20)19-11-14(21)10-15(19)16(22)18-7-3-6-17(8-9-18)13-4-2-5-13/h13-15,21H,2-11H2,1H3. The summed E-state index contributed by atoms with van der Waals surface area (Å²) in [6.45, 7) is 5.27. The van der Waals surface area contributed by atoms with Gasteiger partial charge >= 0.3 is 0 Å². The van der Waals surface area contributed by atoms with E-state index in [4.69, 9.17) is 0 Å². The van der Waals surface area contributed by atoms with Crippen molar-refractivity contribution in [3.8, 4) is 0 Å². The van der Waals surface area contributed by atoms with Crippen molar-refractivity contribution in [3.63, 3.8) is 0 Å². The van der Waals surface area contributed by atoms with Crippen LogP contribution in [-0.4, -0.2) is 82.5 Å². The fourth-order valence-corrected chi connectivity index (χ4v) is 3.88. The van der Waals surface area contributed by atoms with Gasteiger partial charge in [0.2, 0.25) is 11.8 Å². The van der Waals surface area contributed by atoms with Crippen LogP contribution >= 0.6 is 0 Å². The maximum atomic E-state index is 12.8. The number of aliphatic hydroxyl groups excluding tert-OH is 1. The van der Waals surface area contributed by atoms with E-state index in [0.29, 0.717) is 6.42 Å². The molecule has 0 radical (unpaired) electrons. The van der Waals surface area contributed by atoms with E-state index in [9.17, 15) is 14.7 Å². The topological polar surface area (TPSA) is 64.1 Å². The van der Waals surface area contributed by atoms with E-state index < -0.39 is 12.1 Å². The minimum Gasteiger partial charge on any atom is -0.391 e. The molecule has 22 heavy (non-hydrogen) atoms. The lowest BCUT2D eigenvalue weighted by Gasteiger charge is -2.36. The van der Waals surface area contributed by atoms with Gasteiger partial charge in [-0.05, 0) is 19.3 Å². The van der Waals surface area contributed by atoms with Crippen molar-refractivity contribution in [2.45, 2.75) is 57.2 Å². The minimum absolute atomic E-state index is 0.0159. The molecule has 2 heterocycles. The van der Waals surface area contributed by atoms with Crippen LogP contribution in [0.15, 0.2) is 0 Å². The summed E-state index contributed by atoms with van der Waals surface area (Å²) >= 11 is 0. The highest BCUT2D eigenvalue weighted by atomic mass is 16.3. The largest absolute Gasteiger partial charge is 0.391 e. The maximum Gasteiger partial charge on any atom is 0.245 e. The van der Waals surface area contributed by atoms with Gasteiger partial charge in [0.15, 0.2) is 0 Å². The molecular formula is C16H27N3O3. The third kappa shape index (κ3) is 3.13. The molecule has 2 unspecified atom stereocenters. The molecule has 2 saturated heterocycles. The minimum atomic E-state index is -0.573. The molecule has 2 amide bonds. The van der Waals surface area contributed by atoms with Crippen molar-refractivity contribution in [1.82, 2.24) is 14.7 Å². The Kier molecular flexibility index (Phi) is 4.68. The van der Waals surface area contributed by atoms with Crippen molar-refractivity contribution in [2.24, 2.45) is 0 Å². The fraction of sp³-hybridized carbons (Fsp3) is 0.875. The summed E-state index contributed by atoms with van der Waals surface area (Å²) in [5, 5.41) is 9.80. The second kappa shape index (κ2) is 6.54. The summed E-state index contributed by atoms with van der Waals surface area (Å²) in [6, 6.07) is 0.250. The Morgan fingerprint density at radius 1 is 1.05 bits per heavy atom. The summed E-state index contributed by atoms with van der Waals surface area (Å²) < 4.78 is 0. The smallest absolute Gasteiger partial charge is 0.245 e. The van der Waals surface area contributed by atoms with Gasteiger partial charge in [-0.1, -0.05) is 6.42 Å². The van der Waals surface area contributed by atoms with E-state index in [1.807, 2.05) is 4.90 Å². The lowest BCUT2D eigenvalue weighted by atomic mass is 9.91. The highest BCUT2D eigenvalue weighted by Crippen LogP contribution is 2.26. The summed E-state index contributed by atoms with van der Waals surface area (Å²) in [5.41, 5.74) is 0. The number of likely N-dealkylation sites (tertiary alicyclic amines) is 1. The molecule has 3 rings (SSSR count). The second-order valence-corrected chi connectivity index (χ2v) is 6.88. The Morgan fingerprint density at radius 2 is 1.82 bits per heavy atom. The molecule has 2 aliphatic heterocycles. The summed E-state index contributed by atoms with van der Waals surface area (Å²) in [6.07, 6.45) is 4.72. The predicted octanol–water partition coefficient (Wildman–Crippen LogP) is 0.0549. The highest BCUT2D eigenvalue weighted by molar-refractivity contribution is 5.87. The maximum absolute atomic E-state index is 12.8. The van der Waals surface area contributed by atoms with Crippen LogP contribution in [0.1, 0.15) is 39.0 Å². The van der Waals surface area contributed by atoms with Crippen molar-refractivity contribution in [1.29, 1.82) is 0 Å². The van der Waals surface area contributed by atoms with E-state index in [2.05, 4.69) is 4.90 Å². The molecule has 0 aromatic carbocycles. The van der Waals surface area contributed by atoms with Crippen LogP contribution in [0, 0.1) is 0 Å². The van der Waals surface area contributed by atoms with Crippen molar-refractivity contribution < 1.29 is 14.7 Å². The van der Waals surface area contributed by atoms with Gasteiger partial charge in [-0.25, -0.2) is 0 Å². The van der Waals surface area contributed by atoms with Crippen LogP contribution in [0.5, 0.6) is 0 Å². The molecule has 0 spiro atoms. The van der Waals surface area contributed by atoms with Crippen LogP contribution in [0.2, 0.25) is 0 Å². The van der Waals surface area contributed by atoms with Crippen molar-refractivity contribution >= 4 is 11.8 Å². The second-order valence-electron chi connectivity index (χ2n) is 6.88. The lowest BCUT2D eigenvalue weighted by molar-refractivity contribution is -0.142. The fourth-order valence-electron chi connectivity index (χ4n) is 3.88. The first-order chi connectivity index (χ1) is 10.6. The van der Waals surface area contributed by atoms with Crippen molar-refractivity contribution in [3.05, 3.63) is 0 Å². The van der Waals surface area contributed by atoms with E-state index in [1.165, 1.54) is 31.1 Å². The van der Waals surface area contributed by atoms with Crippen LogP contribution in [0.4, 0.5) is 0 Å². The van der Waals surface area contributed by atoms with E-state index in [-0.39, 0.29) is 18.4 Å². The van der Waals surface area contributed by atoms with Gasteiger partial charge < -0.3 is 14.9 Å². The molecule has 6 nitrogen and oxygen atoms in total. The molecule has 1 aliphatic carbocycles. The average Bonchev–Trinajstić information content (AvgIpc) is 2.66. The zero-order valence-corrected chi connectivity index (χ0v) is 13.4. The van der Waals surface area contributed by atoms with E-state index >= 15 is 0 Å². The Bertz CT molecular complexity index is 438. The SMILES string of the molecule is CC(=O)N1CC(O)CC1C(=O)N1CCCN(C2CCC2)CC1. The summed E-state index contributed by atoms with van der Waals surface area (Å²) in [4.78, 5) is 30.4. The van der Waals surface area contributed by atoms with Gasteiger partial charge in [-0.15, -0.1) is 0 Å². The monoisotopic (exact) mass is 309 g/mol. The van der Waals surface area contributed by atoms with E-state index in [0.717, 1.165) is 38.6 Å². The molecule has 124 valence electrons. The number of β-amino-alcohol motifs (C(OH)–C–C–N with tert-alkyl or cyclic N) is 1. The highest BCUT2D eigenvalue weighted by Gasteiger charge is 2.40. The Hall–Kier alpha value is -1.14. The third-order valence-corrected chi connectivity index (χ3v) is 5.40. The molecule has 0 aromatic rings. The molecule has 0 bridgehead atoms. The number of carbonyl (C=O) groups is 2. The van der Waals surface area contributed by atoms with Crippen LogP contribution < -0.4 is 0 Å². The van der Waals surface area contributed by atoms with Gasteiger partial charge in [0.25, 0.3) is 0 Å². The third-order valence-electron chi connectivity index (χ3n) is 5.40. The Balaban J connectivity index is 1.60. The molecule has 6 heteroatoms. The quantitative estimate of drug-likeness (QED) is 0.783. The summed E-state index contributed by atoms with van der Waals surface area (Å²) in [7, 11) is 0. The predicted molar refractivity (Wildman–Crippen MR) is 82.2 cm³/mol. The number of aliphatic hydroxyl groups is 1. The normalized spacial score (nSPS) is 31.0. The average molecular weight is 309 g/mol. The molecule has 3 fully saturated rings. The van der Waals surface area contributed by atoms with Gasteiger partial charge in [0.05, 0.1) is 6.10 Å². The first-order valence-corrected chi connectivity index (χ1v) is 8.54. The van der Waals surface area contributed by atoms with Crippen LogP contribution in [0.25, 0.3) is 0 Å². The number of amides is 2. The van der Waals surface area contributed by atoms with Gasteiger partial charge in [-0.3, -0.25) is 14.5 Å². The molecule has 3 aliphatic rings. The van der Waals surface area contributed by atoms with Crippen LogP contribution in [-0.2, 0) is 9.59 Å². The molecule has 0 aromatic heterocycles. The first kappa shape index (κ1) is 15.7. The van der Waals surface area contributed by atoms with Crippen molar-refractivity contribution in [2.75, 3.05) is 32.7 Å². The van der Waals surface area contributed by atoms with Gasteiger partial charge in [0, 0.05) is 52.1 Å². The molecule has 2 atom stereocenters. The Labute approximate surface area is 132 Å². The lowest BCUT2D eigenvalue weighted by Crippen LogP contribution is -2.48. The zero-order valence-electron chi connectivity index (χ0n) is 13.4. The number of hydrogen-bond acceptors (Lipinski definition) is 4. The molecular weight excluding hydrogens is 282 g/mol. The molecule has 1 saturated carbocycles. The zero-order chi connectivity index (χ0) is 15.7. The number of carbonyl (C=O) groups excluding carboxylic acids is 2. The number of nitrogens with zero attached hydrogens (tertiary/aromatic N) is 3. The van der Waals surface area contributed by atoms with Crippen LogP contribution in [0.3, 0.4) is 0 Å². The number of hydrogen-bond donors (Lipinski definition) is 1. The number of rotatable bonds is 2. The van der Waals surface area contributed by atoms with E-state index in [1.54, 1.807) is 0 Å². The first-order valence-electron chi connectivity index (χ1n) is 8.54.